The summed E-state index contributed by atoms with van der Waals surface area (Å²) in [5.74, 6) is -0.674. The fraction of sp³-hybridized carbons (Fsp3) is 0.273. The molecule has 2 unspecified atom stereocenters. The van der Waals surface area contributed by atoms with Gasteiger partial charge in [0.05, 0.1) is 11.6 Å². The standard InChI is InChI=1S/C33H36N6O3/c1-5-22(2)31(35)33(41)42-21-39-20-29(25-11-6-9-23(15-25)18-34)28-17-26(19-36-32(28)39)24-10-7-12-27(16-24)37-30(40)13-8-14-38(3)4/h6-13,15-17,19-20,22,31H,5,14,21,35H2,1-4H3,(H,37,40)/b13-8+. The number of hydrogen-bond acceptors (Lipinski definition) is 7. The molecule has 0 spiro atoms. The van der Waals surface area contributed by atoms with Gasteiger partial charge in [-0.2, -0.15) is 5.26 Å². The van der Waals surface area contributed by atoms with Crippen molar-refractivity contribution in [3.63, 3.8) is 0 Å². The van der Waals surface area contributed by atoms with Crippen molar-refractivity contribution in [3.8, 4) is 28.3 Å². The highest BCUT2D eigenvalue weighted by molar-refractivity contribution is 6.00. The number of nitrogens with zero attached hydrogens (tertiary/aromatic N) is 4. The highest BCUT2D eigenvalue weighted by Crippen LogP contribution is 2.34. The van der Waals surface area contributed by atoms with Gasteiger partial charge in [-0.05, 0) is 61.5 Å². The molecule has 2 aromatic carbocycles. The van der Waals surface area contributed by atoms with E-state index in [4.69, 9.17) is 15.5 Å². The second-order valence-corrected chi connectivity index (χ2v) is 10.5. The fourth-order valence-electron chi connectivity index (χ4n) is 4.46. The Kier molecular flexibility index (Phi) is 9.86. The number of nitriles is 1. The van der Waals surface area contributed by atoms with Gasteiger partial charge in [-0.1, -0.05) is 50.6 Å². The minimum atomic E-state index is -0.709. The predicted octanol–water partition coefficient (Wildman–Crippen LogP) is 5.17. The number of aromatic nitrogens is 2. The van der Waals surface area contributed by atoms with Gasteiger partial charge in [0.25, 0.3) is 0 Å². The zero-order valence-electron chi connectivity index (χ0n) is 24.4. The molecule has 1 amide bonds. The van der Waals surface area contributed by atoms with Gasteiger partial charge in [-0.25, -0.2) is 4.98 Å². The quantitative estimate of drug-likeness (QED) is 0.190. The van der Waals surface area contributed by atoms with Crippen LogP contribution < -0.4 is 11.1 Å². The minimum Gasteiger partial charge on any atom is -0.443 e. The molecule has 0 aliphatic rings. The first-order chi connectivity index (χ1) is 20.2. The molecule has 0 saturated carbocycles. The van der Waals surface area contributed by atoms with Gasteiger partial charge in [0.15, 0.2) is 6.73 Å². The summed E-state index contributed by atoms with van der Waals surface area (Å²) < 4.78 is 7.35. The van der Waals surface area contributed by atoms with Crippen molar-refractivity contribution in [1.82, 2.24) is 14.5 Å². The van der Waals surface area contributed by atoms with Gasteiger partial charge in [-0.15, -0.1) is 0 Å². The summed E-state index contributed by atoms with van der Waals surface area (Å²) in [6, 6.07) is 18.4. The van der Waals surface area contributed by atoms with Gasteiger partial charge in [0.1, 0.15) is 11.7 Å². The number of likely N-dealkylation sites (N-methyl/N-ethyl adjacent to an activating group) is 1. The monoisotopic (exact) mass is 564 g/mol. The van der Waals surface area contributed by atoms with Crippen LogP contribution in [0.1, 0.15) is 25.8 Å². The van der Waals surface area contributed by atoms with E-state index < -0.39 is 12.0 Å². The summed E-state index contributed by atoms with van der Waals surface area (Å²) in [7, 11) is 3.87. The Balaban J connectivity index is 1.68. The Morgan fingerprint density at radius 2 is 1.90 bits per heavy atom. The Morgan fingerprint density at radius 3 is 2.64 bits per heavy atom. The number of rotatable bonds is 11. The first-order valence-electron chi connectivity index (χ1n) is 13.8. The van der Waals surface area contributed by atoms with Crippen molar-refractivity contribution in [2.24, 2.45) is 11.7 Å². The van der Waals surface area contributed by atoms with Crippen molar-refractivity contribution < 1.29 is 14.3 Å². The van der Waals surface area contributed by atoms with Gasteiger partial charge in [0, 0.05) is 47.2 Å². The van der Waals surface area contributed by atoms with E-state index in [1.807, 2.05) is 87.6 Å². The van der Waals surface area contributed by atoms with E-state index in [0.29, 0.717) is 23.4 Å². The zero-order valence-corrected chi connectivity index (χ0v) is 24.4. The summed E-state index contributed by atoms with van der Waals surface area (Å²) in [6.45, 7) is 4.52. The summed E-state index contributed by atoms with van der Waals surface area (Å²) in [4.78, 5) is 31.7. The van der Waals surface area contributed by atoms with Crippen molar-refractivity contribution in [2.75, 3.05) is 26.0 Å². The topological polar surface area (TPSA) is 126 Å². The average Bonchev–Trinajstić information content (AvgIpc) is 3.36. The third kappa shape index (κ3) is 7.29. The smallest absolute Gasteiger partial charge is 0.324 e. The van der Waals surface area contributed by atoms with Crippen LogP contribution >= 0.6 is 0 Å². The van der Waals surface area contributed by atoms with E-state index in [2.05, 4.69) is 11.4 Å². The molecule has 2 atom stereocenters. The molecule has 4 rings (SSSR count). The van der Waals surface area contributed by atoms with Crippen LogP contribution in [-0.4, -0.2) is 53.0 Å². The first-order valence-corrected chi connectivity index (χ1v) is 13.8. The van der Waals surface area contributed by atoms with Gasteiger partial charge in [-0.3, -0.25) is 14.2 Å². The number of benzene rings is 2. The van der Waals surface area contributed by atoms with E-state index in [1.165, 1.54) is 6.08 Å². The molecule has 0 radical (unpaired) electrons. The molecule has 3 N–H and O–H groups in total. The van der Waals surface area contributed by atoms with Gasteiger partial charge in [0.2, 0.25) is 5.91 Å². The van der Waals surface area contributed by atoms with Crippen LogP contribution in [0.2, 0.25) is 0 Å². The van der Waals surface area contributed by atoms with Crippen LogP contribution in [0.3, 0.4) is 0 Å². The number of carbonyl (C=O) groups is 2. The van der Waals surface area contributed by atoms with Crippen LogP contribution in [0.25, 0.3) is 33.3 Å². The van der Waals surface area contributed by atoms with Crippen molar-refractivity contribution in [2.45, 2.75) is 33.0 Å². The summed E-state index contributed by atoms with van der Waals surface area (Å²) in [5.41, 5.74) is 11.3. The average molecular weight is 565 g/mol. The molecule has 0 fully saturated rings. The number of fused-ring (bicyclic) bond motifs is 1. The third-order valence-electron chi connectivity index (χ3n) is 7.09. The number of anilines is 1. The van der Waals surface area contributed by atoms with Crippen molar-refractivity contribution in [3.05, 3.63) is 84.7 Å². The first kappa shape index (κ1) is 30.2. The normalized spacial score (nSPS) is 12.8. The minimum absolute atomic E-state index is 0.00140. The van der Waals surface area contributed by atoms with E-state index in [9.17, 15) is 14.9 Å². The molecule has 0 aliphatic carbocycles. The summed E-state index contributed by atoms with van der Waals surface area (Å²) in [6.07, 6.45) is 7.72. The summed E-state index contributed by atoms with van der Waals surface area (Å²) in [5, 5.41) is 13.2. The molecule has 4 aromatic rings. The van der Waals surface area contributed by atoms with Crippen LogP contribution in [0, 0.1) is 17.2 Å². The molecular formula is C33H36N6O3. The number of esters is 1. The molecule has 216 valence electrons. The van der Waals surface area contributed by atoms with E-state index in [1.54, 1.807) is 22.9 Å². The molecule has 0 aliphatic heterocycles. The Labute approximate surface area is 246 Å². The lowest BCUT2D eigenvalue weighted by molar-refractivity contribution is -0.150. The molecule has 2 aromatic heterocycles. The molecule has 9 heteroatoms. The number of amides is 1. The second-order valence-electron chi connectivity index (χ2n) is 10.5. The largest absolute Gasteiger partial charge is 0.443 e. The maximum atomic E-state index is 12.6. The van der Waals surface area contributed by atoms with E-state index in [0.717, 1.165) is 34.1 Å². The van der Waals surface area contributed by atoms with Crippen LogP contribution in [0.15, 0.2) is 79.1 Å². The fourth-order valence-corrected chi connectivity index (χ4v) is 4.46. The van der Waals surface area contributed by atoms with Crippen LogP contribution in [-0.2, 0) is 21.1 Å². The number of hydrogen-bond donors (Lipinski definition) is 2. The maximum absolute atomic E-state index is 12.6. The molecule has 42 heavy (non-hydrogen) atoms. The Hall–Kier alpha value is -4.78. The summed E-state index contributed by atoms with van der Waals surface area (Å²) >= 11 is 0. The van der Waals surface area contributed by atoms with E-state index >= 15 is 0 Å². The maximum Gasteiger partial charge on any atom is 0.324 e. The number of ether oxygens (including phenoxy) is 1. The molecular weight excluding hydrogens is 528 g/mol. The van der Waals surface area contributed by atoms with E-state index in [-0.39, 0.29) is 18.6 Å². The van der Waals surface area contributed by atoms with Gasteiger partial charge < -0.3 is 20.7 Å². The van der Waals surface area contributed by atoms with Crippen molar-refractivity contribution >= 4 is 28.6 Å². The van der Waals surface area contributed by atoms with Crippen LogP contribution in [0.4, 0.5) is 5.69 Å². The zero-order chi connectivity index (χ0) is 30.2. The predicted molar refractivity (Wildman–Crippen MR) is 165 cm³/mol. The Morgan fingerprint density at radius 1 is 1.14 bits per heavy atom. The lowest BCUT2D eigenvalue weighted by Gasteiger charge is -2.17. The molecule has 9 nitrogen and oxygen atoms in total. The Bertz CT molecular complexity index is 1650. The van der Waals surface area contributed by atoms with Crippen molar-refractivity contribution in [1.29, 1.82) is 5.26 Å². The number of carbonyl (C=O) groups excluding carboxylic acids is 2. The molecule has 2 heterocycles. The molecule has 0 bridgehead atoms. The number of nitrogens with one attached hydrogen (secondary N) is 1. The molecule has 0 saturated heterocycles. The van der Waals surface area contributed by atoms with Crippen LogP contribution in [0.5, 0.6) is 0 Å². The lowest BCUT2D eigenvalue weighted by atomic mass is 10.0. The number of pyridine rings is 1. The highest BCUT2D eigenvalue weighted by atomic mass is 16.5. The second kappa shape index (κ2) is 13.7. The number of nitrogens with two attached hydrogens (primary N) is 1. The lowest BCUT2D eigenvalue weighted by Crippen LogP contribution is -2.38. The SMILES string of the molecule is CCC(C)C(N)C(=O)OCn1cc(-c2cccc(C#N)c2)c2cc(-c3cccc(NC(=O)/C=C/CN(C)C)c3)cnc21. The van der Waals surface area contributed by atoms with Gasteiger partial charge >= 0.3 is 5.97 Å². The highest BCUT2D eigenvalue weighted by Gasteiger charge is 2.22. The third-order valence-corrected chi connectivity index (χ3v) is 7.09.